The Morgan fingerprint density at radius 2 is 2.30 bits per heavy atom. The average molecular weight is 317 g/mol. The first-order valence-corrected chi connectivity index (χ1v) is 7.86. The number of amides is 1. The van der Waals surface area contributed by atoms with Crippen LogP contribution in [0.15, 0.2) is 35.6 Å². The van der Waals surface area contributed by atoms with Gasteiger partial charge in [-0.15, -0.1) is 11.8 Å². The third kappa shape index (κ3) is 3.06. The van der Waals surface area contributed by atoms with E-state index in [1.54, 1.807) is 18.0 Å². The fraction of sp³-hybridized carbons (Fsp3) is 0.333. The second-order valence-electron chi connectivity index (χ2n) is 4.06. The van der Waals surface area contributed by atoms with Gasteiger partial charge in [0.05, 0.1) is 5.03 Å². The quantitative estimate of drug-likeness (QED) is 0.924. The SMILES string of the molecule is CSC1SC(NC(=O)C(F)(F)c2ccccn2)=CN1C. The van der Waals surface area contributed by atoms with Crippen LogP contribution < -0.4 is 5.32 Å². The molecule has 4 nitrogen and oxygen atoms in total. The molecule has 0 saturated heterocycles. The van der Waals surface area contributed by atoms with Crippen LogP contribution in [0, 0.1) is 0 Å². The highest BCUT2D eigenvalue weighted by molar-refractivity contribution is 8.18. The average Bonchev–Trinajstić information content (AvgIpc) is 2.79. The van der Waals surface area contributed by atoms with Gasteiger partial charge in [-0.1, -0.05) is 17.8 Å². The summed E-state index contributed by atoms with van der Waals surface area (Å²) in [6.45, 7) is 0. The van der Waals surface area contributed by atoms with E-state index in [2.05, 4.69) is 10.3 Å². The molecule has 1 aliphatic heterocycles. The lowest BCUT2D eigenvalue weighted by atomic mass is 10.2. The molecule has 0 aromatic carbocycles. The fourth-order valence-electron chi connectivity index (χ4n) is 1.60. The number of thioether (sulfide) groups is 2. The van der Waals surface area contributed by atoms with E-state index >= 15 is 0 Å². The summed E-state index contributed by atoms with van der Waals surface area (Å²) >= 11 is 2.88. The molecule has 2 rings (SSSR count). The molecule has 1 aromatic rings. The number of rotatable bonds is 4. The molecule has 1 atom stereocenters. The van der Waals surface area contributed by atoms with Crippen molar-refractivity contribution in [2.24, 2.45) is 0 Å². The molecule has 1 aromatic heterocycles. The molecule has 0 spiro atoms. The minimum atomic E-state index is -3.65. The van der Waals surface area contributed by atoms with Gasteiger partial charge in [0, 0.05) is 19.4 Å². The first-order chi connectivity index (χ1) is 9.45. The van der Waals surface area contributed by atoms with Gasteiger partial charge in [-0.3, -0.25) is 9.78 Å². The van der Waals surface area contributed by atoms with Crippen LogP contribution in [-0.2, 0) is 10.7 Å². The number of hydrogen-bond acceptors (Lipinski definition) is 5. The van der Waals surface area contributed by atoms with Crippen LogP contribution in [0.3, 0.4) is 0 Å². The summed E-state index contributed by atoms with van der Waals surface area (Å²) in [5, 5.41) is 2.66. The van der Waals surface area contributed by atoms with Crippen molar-refractivity contribution in [2.45, 2.75) is 10.6 Å². The summed E-state index contributed by atoms with van der Waals surface area (Å²) in [4.78, 5) is 17.1. The van der Waals surface area contributed by atoms with Gasteiger partial charge < -0.3 is 10.2 Å². The standard InChI is InChI=1S/C12H13F2N3OS2/c1-17-7-9(20-11(17)19-2)16-10(18)12(13,14)8-5-3-4-6-15-8/h3-7,11H,1-2H3,(H,16,18). The molecule has 0 aliphatic carbocycles. The van der Waals surface area contributed by atoms with Gasteiger partial charge >= 0.3 is 11.8 Å². The van der Waals surface area contributed by atoms with Gasteiger partial charge in [0.1, 0.15) is 10.4 Å². The number of hydrogen-bond donors (Lipinski definition) is 1. The monoisotopic (exact) mass is 317 g/mol. The van der Waals surface area contributed by atoms with Gasteiger partial charge in [0.25, 0.3) is 0 Å². The molecule has 0 saturated carbocycles. The summed E-state index contributed by atoms with van der Waals surface area (Å²) in [7, 11) is 1.82. The first-order valence-electron chi connectivity index (χ1n) is 5.69. The Kier molecular flexibility index (Phi) is 4.54. The lowest BCUT2D eigenvalue weighted by Crippen LogP contribution is -2.37. The number of carbonyl (C=O) groups excluding carboxylic acids is 1. The van der Waals surface area contributed by atoms with Crippen molar-refractivity contribution in [3.05, 3.63) is 41.3 Å². The Bertz CT molecular complexity index is 525. The van der Waals surface area contributed by atoms with Crippen molar-refractivity contribution in [1.82, 2.24) is 15.2 Å². The van der Waals surface area contributed by atoms with Crippen LogP contribution in [0.4, 0.5) is 8.78 Å². The summed E-state index contributed by atoms with van der Waals surface area (Å²) in [5.74, 6) is -5.02. The first kappa shape index (κ1) is 15.1. The highest BCUT2D eigenvalue weighted by Gasteiger charge is 2.43. The molecule has 108 valence electrons. The van der Waals surface area contributed by atoms with E-state index in [-0.39, 0.29) is 4.71 Å². The molecule has 20 heavy (non-hydrogen) atoms. The fourth-order valence-corrected chi connectivity index (χ4v) is 3.51. The van der Waals surface area contributed by atoms with E-state index in [4.69, 9.17) is 0 Å². The topological polar surface area (TPSA) is 45.2 Å². The smallest absolute Gasteiger partial charge is 0.357 e. The molecule has 0 bridgehead atoms. The van der Waals surface area contributed by atoms with Gasteiger partial charge in [0.15, 0.2) is 0 Å². The normalized spacial score (nSPS) is 18.9. The maximum absolute atomic E-state index is 13.9. The van der Waals surface area contributed by atoms with E-state index in [9.17, 15) is 13.6 Å². The molecule has 2 heterocycles. The lowest BCUT2D eigenvalue weighted by molar-refractivity contribution is -0.146. The maximum Gasteiger partial charge on any atom is 0.366 e. The van der Waals surface area contributed by atoms with Crippen LogP contribution in [0.2, 0.25) is 0 Å². The number of pyridine rings is 1. The largest absolute Gasteiger partial charge is 0.366 e. The molecule has 1 aliphatic rings. The Morgan fingerprint density at radius 1 is 1.55 bits per heavy atom. The third-order valence-electron chi connectivity index (χ3n) is 2.59. The molecule has 0 radical (unpaired) electrons. The van der Waals surface area contributed by atoms with Crippen molar-refractivity contribution < 1.29 is 13.6 Å². The number of aromatic nitrogens is 1. The Balaban J connectivity index is 2.08. The van der Waals surface area contributed by atoms with Crippen LogP contribution in [0.25, 0.3) is 0 Å². The van der Waals surface area contributed by atoms with Crippen LogP contribution in [0.1, 0.15) is 5.69 Å². The van der Waals surface area contributed by atoms with Gasteiger partial charge in [-0.05, 0) is 18.4 Å². The van der Waals surface area contributed by atoms with Crippen molar-refractivity contribution in [2.75, 3.05) is 13.3 Å². The van der Waals surface area contributed by atoms with Gasteiger partial charge in [0.2, 0.25) is 0 Å². The number of carbonyl (C=O) groups is 1. The number of halogens is 2. The summed E-state index contributed by atoms with van der Waals surface area (Å²) in [6, 6.07) is 4.07. The summed E-state index contributed by atoms with van der Waals surface area (Å²) in [5.41, 5.74) is -0.559. The Hall–Kier alpha value is -1.28. The zero-order chi connectivity index (χ0) is 14.8. The number of nitrogens with zero attached hydrogens (tertiary/aromatic N) is 2. The molecule has 1 unspecified atom stereocenters. The van der Waals surface area contributed by atoms with Crippen LogP contribution >= 0.6 is 23.5 Å². The van der Waals surface area contributed by atoms with E-state index < -0.39 is 17.5 Å². The third-order valence-corrected chi connectivity index (χ3v) is 5.19. The molecular weight excluding hydrogens is 304 g/mol. The van der Waals surface area contributed by atoms with Crippen molar-refractivity contribution in [3.63, 3.8) is 0 Å². The molecular formula is C12H13F2N3OS2. The van der Waals surface area contributed by atoms with Gasteiger partial charge in [-0.2, -0.15) is 8.78 Å². The van der Waals surface area contributed by atoms with E-state index in [0.717, 1.165) is 6.07 Å². The molecule has 0 fully saturated rings. The highest BCUT2D eigenvalue weighted by Crippen LogP contribution is 2.36. The minimum Gasteiger partial charge on any atom is -0.357 e. The minimum absolute atomic E-state index is 0.0776. The Morgan fingerprint density at radius 3 is 2.85 bits per heavy atom. The zero-order valence-electron chi connectivity index (χ0n) is 10.8. The Labute approximate surface area is 124 Å². The highest BCUT2D eigenvalue weighted by atomic mass is 32.2. The maximum atomic E-state index is 13.9. The zero-order valence-corrected chi connectivity index (χ0v) is 12.5. The lowest BCUT2D eigenvalue weighted by Gasteiger charge is -2.16. The van der Waals surface area contributed by atoms with Crippen LogP contribution in [-0.4, -0.2) is 33.8 Å². The molecule has 1 amide bonds. The molecule has 8 heteroatoms. The van der Waals surface area contributed by atoms with Gasteiger partial charge in [-0.25, -0.2) is 0 Å². The van der Waals surface area contributed by atoms with E-state index in [1.165, 1.54) is 30.1 Å². The van der Waals surface area contributed by atoms with Crippen molar-refractivity contribution in [1.29, 1.82) is 0 Å². The number of nitrogens with one attached hydrogen (secondary N) is 1. The number of alkyl halides is 2. The van der Waals surface area contributed by atoms with Crippen LogP contribution in [0.5, 0.6) is 0 Å². The summed E-state index contributed by atoms with van der Waals surface area (Å²) in [6.07, 6.45) is 4.78. The van der Waals surface area contributed by atoms with E-state index in [0.29, 0.717) is 5.03 Å². The van der Waals surface area contributed by atoms with Crippen molar-refractivity contribution >= 4 is 29.4 Å². The second kappa shape index (κ2) is 6.01. The predicted octanol–water partition coefficient (Wildman–Crippen LogP) is 2.41. The second-order valence-corrected chi connectivity index (χ2v) is 6.40. The van der Waals surface area contributed by atoms with Crippen molar-refractivity contribution in [3.8, 4) is 0 Å². The molecule has 1 N–H and O–H groups in total. The van der Waals surface area contributed by atoms with E-state index in [1.807, 2.05) is 18.2 Å². The summed E-state index contributed by atoms with van der Waals surface area (Å²) < 4.78 is 28.0. The predicted molar refractivity (Wildman–Crippen MR) is 77.0 cm³/mol.